The maximum Gasteiger partial charge on any atom is 0.213 e. The van der Waals surface area contributed by atoms with Gasteiger partial charge in [0.1, 0.15) is 5.54 Å². The van der Waals surface area contributed by atoms with E-state index in [1.165, 1.54) is 5.56 Å². The van der Waals surface area contributed by atoms with Gasteiger partial charge in [-0.25, -0.2) is 5.43 Å². The van der Waals surface area contributed by atoms with E-state index in [9.17, 15) is 0 Å². The van der Waals surface area contributed by atoms with E-state index in [4.69, 9.17) is 17.0 Å². The predicted octanol–water partition coefficient (Wildman–Crippen LogP) is 2.16. The molecule has 0 bridgehead atoms. The SMILES string of the molecule is CCOC1=NC(=S)N(C)NC1(C)Cc1ccccc1. The zero-order valence-electron chi connectivity index (χ0n) is 11.5. The summed E-state index contributed by atoms with van der Waals surface area (Å²) in [7, 11) is 1.87. The van der Waals surface area contributed by atoms with Crippen LogP contribution in [0.3, 0.4) is 0 Å². The highest BCUT2D eigenvalue weighted by atomic mass is 32.1. The average Bonchev–Trinajstić information content (AvgIpc) is 2.37. The van der Waals surface area contributed by atoms with Gasteiger partial charge >= 0.3 is 0 Å². The van der Waals surface area contributed by atoms with Crippen molar-refractivity contribution < 1.29 is 4.74 Å². The van der Waals surface area contributed by atoms with Crippen LogP contribution in [0.5, 0.6) is 0 Å². The third-order valence-corrected chi connectivity index (χ3v) is 3.42. The van der Waals surface area contributed by atoms with Crippen LogP contribution in [0.2, 0.25) is 0 Å². The van der Waals surface area contributed by atoms with Crippen LogP contribution in [0.15, 0.2) is 35.3 Å². The van der Waals surface area contributed by atoms with Crippen LogP contribution in [0, 0.1) is 0 Å². The standard InChI is InChI=1S/C14H19N3OS/c1-4-18-12-14(2,16-17(3)13(19)15-12)10-11-8-6-5-7-9-11/h5-9,16H,4,10H2,1-3H3. The minimum absolute atomic E-state index is 0.381. The van der Waals surface area contributed by atoms with Gasteiger partial charge in [-0.15, -0.1) is 0 Å². The molecule has 1 aliphatic heterocycles. The molecule has 1 aromatic rings. The lowest BCUT2D eigenvalue weighted by atomic mass is 9.92. The topological polar surface area (TPSA) is 36.9 Å². The van der Waals surface area contributed by atoms with Crippen molar-refractivity contribution in [2.45, 2.75) is 25.8 Å². The van der Waals surface area contributed by atoms with E-state index in [1.807, 2.05) is 32.2 Å². The number of aliphatic imine (C=N–C) groups is 1. The Hall–Kier alpha value is -1.46. The molecule has 1 aliphatic rings. The fourth-order valence-corrected chi connectivity index (χ4v) is 2.33. The second kappa shape index (κ2) is 5.67. The summed E-state index contributed by atoms with van der Waals surface area (Å²) in [6, 6.07) is 10.3. The molecule has 19 heavy (non-hydrogen) atoms. The number of thiocarbonyl (C=S) groups is 1. The first-order chi connectivity index (χ1) is 9.05. The Labute approximate surface area is 119 Å². The summed E-state index contributed by atoms with van der Waals surface area (Å²) in [6.45, 7) is 4.61. The van der Waals surface area contributed by atoms with Gasteiger partial charge in [0.15, 0.2) is 0 Å². The van der Waals surface area contributed by atoms with Gasteiger partial charge in [-0.3, -0.25) is 5.01 Å². The third-order valence-electron chi connectivity index (χ3n) is 3.05. The minimum atomic E-state index is -0.381. The first-order valence-corrected chi connectivity index (χ1v) is 6.77. The van der Waals surface area contributed by atoms with Crippen molar-refractivity contribution in [1.29, 1.82) is 0 Å². The number of ether oxygens (including phenoxy) is 1. The van der Waals surface area contributed by atoms with Crippen molar-refractivity contribution >= 4 is 23.2 Å². The van der Waals surface area contributed by atoms with Crippen LogP contribution in [-0.4, -0.2) is 35.2 Å². The van der Waals surface area contributed by atoms with Crippen LogP contribution in [-0.2, 0) is 11.2 Å². The second-order valence-corrected chi connectivity index (χ2v) is 5.16. The number of hydrogen-bond donors (Lipinski definition) is 1. The smallest absolute Gasteiger partial charge is 0.213 e. The number of hydrogen-bond acceptors (Lipinski definition) is 3. The molecule has 1 N–H and O–H groups in total. The number of nitrogens with one attached hydrogen (secondary N) is 1. The maximum absolute atomic E-state index is 5.66. The van der Waals surface area contributed by atoms with E-state index in [1.54, 1.807) is 5.01 Å². The molecule has 0 radical (unpaired) electrons. The zero-order valence-corrected chi connectivity index (χ0v) is 12.3. The molecule has 2 rings (SSSR count). The summed E-state index contributed by atoms with van der Waals surface area (Å²) in [6.07, 6.45) is 0.791. The molecule has 1 heterocycles. The molecule has 0 fully saturated rings. The van der Waals surface area contributed by atoms with Crippen LogP contribution in [0.25, 0.3) is 0 Å². The summed E-state index contributed by atoms with van der Waals surface area (Å²) < 4.78 is 5.66. The van der Waals surface area contributed by atoms with Gasteiger partial charge in [-0.05, 0) is 31.6 Å². The fourth-order valence-electron chi connectivity index (χ4n) is 2.20. The first kappa shape index (κ1) is 14.0. The van der Waals surface area contributed by atoms with E-state index >= 15 is 0 Å². The second-order valence-electron chi connectivity index (χ2n) is 4.80. The Morgan fingerprint density at radius 2 is 2.05 bits per heavy atom. The highest BCUT2D eigenvalue weighted by Crippen LogP contribution is 2.20. The Bertz CT molecular complexity index is 489. The summed E-state index contributed by atoms with van der Waals surface area (Å²) in [4.78, 5) is 4.39. The number of nitrogens with zero attached hydrogens (tertiary/aromatic N) is 2. The molecule has 1 aromatic carbocycles. The number of rotatable bonds is 3. The van der Waals surface area contributed by atoms with Gasteiger partial charge in [-0.1, -0.05) is 30.3 Å². The van der Waals surface area contributed by atoms with E-state index in [2.05, 4.69) is 29.5 Å². The normalized spacial score (nSPS) is 23.2. The predicted molar refractivity (Wildman–Crippen MR) is 81.1 cm³/mol. The minimum Gasteiger partial charge on any atom is -0.480 e. The molecule has 0 aromatic heterocycles. The summed E-state index contributed by atoms with van der Waals surface area (Å²) in [5.41, 5.74) is 4.21. The molecule has 5 heteroatoms. The van der Waals surface area contributed by atoms with Crippen LogP contribution < -0.4 is 5.43 Å². The van der Waals surface area contributed by atoms with Crippen LogP contribution >= 0.6 is 12.2 Å². The quantitative estimate of drug-likeness (QED) is 0.859. The van der Waals surface area contributed by atoms with Gasteiger partial charge in [0.2, 0.25) is 11.0 Å². The molecule has 0 spiro atoms. The molecule has 4 nitrogen and oxygen atoms in total. The Kier molecular flexibility index (Phi) is 4.17. The van der Waals surface area contributed by atoms with Gasteiger partial charge in [-0.2, -0.15) is 4.99 Å². The van der Waals surface area contributed by atoms with Crippen LogP contribution in [0.1, 0.15) is 19.4 Å². The number of hydrazine groups is 1. The molecule has 0 saturated heterocycles. The largest absolute Gasteiger partial charge is 0.480 e. The zero-order chi connectivity index (χ0) is 13.9. The lowest BCUT2D eigenvalue weighted by molar-refractivity contribution is 0.205. The van der Waals surface area contributed by atoms with E-state index in [0.717, 1.165) is 6.42 Å². The molecule has 0 aliphatic carbocycles. The third kappa shape index (κ3) is 3.11. The van der Waals surface area contributed by atoms with Gasteiger partial charge < -0.3 is 4.74 Å². The van der Waals surface area contributed by atoms with Crippen molar-refractivity contribution in [3.63, 3.8) is 0 Å². The molecular weight excluding hydrogens is 258 g/mol. The van der Waals surface area contributed by atoms with Gasteiger partial charge in [0.25, 0.3) is 0 Å². The Morgan fingerprint density at radius 3 is 2.68 bits per heavy atom. The van der Waals surface area contributed by atoms with E-state index in [-0.39, 0.29) is 5.54 Å². The molecule has 0 saturated carbocycles. The number of benzene rings is 1. The summed E-state index contributed by atoms with van der Waals surface area (Å²) in [5.74, 6) is 0.655. The fraction of sp³-hybridized carbons (Fsp3) is 0.429. The molecule has 1 atom stereocenters. The summed E-state index contributed by atoms with van der Waals surface area (Å²) >= 11 is 5.18. The maximum atomic E-state index is 5.66. The average molecular weight is 277 g/mol. The highest BCUT2D eigenvalue weighted by Gasteiger charge is 2.38. The molecule has 102 valence electrons. The van der Waals surface area contributed by atoms with Crippen molar-refractivity contribution in [3.05, 3.63) is 35.9 Å². The lowest BCUT2D eigenvalue weighted by Crippen LogP contribution is -2.62. The van der Waals surface area contributed by atoms with Crippen LogP contribution in [0.4, 0.5) is 0 Å². The van der Waals surface area contributed by atoms with E-state index in [0.29, 0.717) is 17.6 Å². The van der Waals surface area contributed by atoms with Gasteiger partial charge in [0.05, 0.1) is 6.61 Å². The monoisotopic (exact) mass is 277 g/mol. The van der Waals surface area contributed by atoms with Crippen molar-refractivity contribution in [2.75, 3.05) is 13.7 Å². The molecule has 0 amide bonds. The first-order valence-electron chi connectivity index (χ1n) is 6.36. The van der Waals surface area contributed by atoms with Gasteiger partial charge in [0, 0.05) is 13.5 Å². The summed E-state index contributed by atoms with van der Waals surface area (Å²) in [5, 5.41) is 2.26. The molecule has 1 unspecified atom stereocenters. The van der Waals surface area contributed by atoms with Crippen molar-refractivity contribution in [1.82, 2.24) is 10.4 Å². The Balaban J connectivity index is 2.28. The highest BCUT2D eigenvalue weighted by molar-refractivity contribution is 7.80. The van der Waals surface area contributed by atoms with E-state index < -0.39 is 0 Å². The van der Waals surface area contributed by atoms with Crippen molar-refractivity contribution in [2.24, 2.45) is 4.99 Å². The van der Waals surface area contributed by atoms with Crippen molar-refractivity contribution in [3.8, 4) is 0 Å². The lowest BCUT2D eigenvalue weighted by Gasteiger charge is -2.39. The Morgan fingerprint density at radius 1 is 1.37 bits per heavy atom. The molecular formula is C14H19N3OS.